The van der Waals surface area contributed by atoms with E-state index in [1.165, 1.54) is 12.1 Å². The molecule has 0 saturated carbocycles. The minimum atomic E-state index is -0.410. The summed E-state index contributed by atoms with van der Waals surface area (Å²) in [4.78, 5) is 14.4. The van der Waals surface area contributed by atoms with Crippen LogP contribution in [0.25, 0.3) is 10.8 Å². The number of nitro groups is 1. The normalized spacial score (nSPS) is 10.5. The van der Waals surface area contributed by atoms with Crippen molar-refractivity contribution in [2.45, 2.75) is 6.61 Å². The van der Waals surface area contributed by atoms with Gasteiger partial charge in [0.25, 0.3) is 5.69 Å². The first-order valence-electron chi connectivity index (χ1n) is 6.43. The smallest absolute Gasteiger partial charge is 0.269 e. The number of aromatic nitrogens is 1. The Morgan fingerprint density at radius 1 is 1.14 bits per heavy atom. The molecule has 104 valence electrons. The molecule has 5 nitrogen and oxygen atoms in total. The van der Waals surface area contributed by atoms with E-state index >= 15 is 0 Å². The van der Waals surface area contributed by atoms with Gasteiger partial charge in [-0.1, -0.05) is 24.3 Å². The second kappa shape index (κ2) is 5.58. The molecular weight excluding hydrogens is 268 g/mol. The third-order valence-corrected chi connectivity index (χ3v) is 3.16. The van der Waals surface area contributed by atoms with Crippen molar-refractivity contribution < 1.29 is 9.66 Å². The number of hydrogen-bond donors (Lipinski definition) is 0. The standard InChI is InChI=1S/C16H12N2O3/c19-18(20)14-5-1-3-12(9-14)11-21-16-6-2-4-13-10-17-8-7-15(13)16/h1-10H,11H2. The Labute approximate surface area is 121 Å². The Morgan fingerprint density at radius 2 is 2.00 bits per heavy atom. The zero-order valence-electron chi connectivity index (χ0n) is 11.1. The van der Waals surface area contributed by atoms with Gasteiger partial charge in [0.15, 0.2) is 0 Å². The van der Waals surface area contributed by atoms with Crippen LogP contribution in [0.15, 0.2) is 60.9 Å². The number of hydrogen-bond acceptors (Lipinski definition) is 4. The lowest BCUT2D eigenvalue weighted by Crippen LogP contribution is -1.97. The average molecular weight is 280 g/mol. The summed E-state index contributed by atoms with van der Waals surface area (Å²) < 4.78 is 5.79. The molecule has 0 fully saturated rings. The van der Waals surface area contributed by atoms with Gasteiger partial charge < -0.3 is 4.74 Å². The lowest BCUT2D eigenvalue weighted by molar-refractivity contribution is -0.384. The molecule has 0 aliphatic rings. The van der Waals surface area contributed by atoms with Crippen molar-refractivity contribution in [2.24, 2.45) is 0 Å². The molecule has 0 bridgehead atoms. The molecule has 0 N–H and O–H groups in total. The lowest BCUT2D eigenvalue weighted by Gasteiger charge is -2.09. The molecule has 1 heterocycles. The number of rotatable bonds is 4. The van der Waals surface area contributed by atoms with Gasteiger partial charge in [-0.25, -0.2) is 0 Å². The van der Waals surface area contributed by atoms with Gasteiger partial charge in [0.1, 0.15) is 12.4 Å². The maximum Gasteiger partial charge on any atom is 0.269 e. The summed E-state index contributed by atoms with van der Waals surface area (Å²) in [5.74, 6) is 0.737. The Bertz CT molecular complexity index is 797. The fourth-order valence-corrected chi connectivity index (χ4v) is 2.14. The van der Waals surface area contributed by atoms with Gasteiger partial charge in [-0.15, -0.1) is 0 Å². The van der Waals surface area contributed by atoms with E-state index in [1.807, 2.05) is 24.3 Å². The third-order valence-electron chi connectivity index (χ3n) is 3.16. The SMILES string of the molecule is O=[N+]([O-])c1cccc(COc2cccc3cnccc23)c1. The highest BCUT2D eigenvalue weighted by molar-refractivity contribution is 5.87. The Balaban J connectivity index is 1.84. The first-order chi connectivity index (χ1) is 10.2. The van der Waals surface area contributed by atoms with E-state index in [-0.39, 0.29) is 12.3 Å². The van der Waals surface area contributed by atoms with Gasteiger partial charge in [0.2, 0.25) is 0 Å². The Hall–Kier alpha value is -2.95. The second-order valence-electron chi connectivity index (χ2n) is 4.57. The molecule has 0 unspecified atom stereocenters. The van der Waals surface area contributed by atoms with Crippen LogP contribution in [0.1, 0.15) is 5.56 Å². The number of benzene rings is 2. The van der Waals surface area contributed by atoms with Crippen molar-refractivity contribution in [1.82, 2.24) is 4.98 Å². The zero-order chi connectivity index (χ0) is 14.7. The van der Waals surface area contributed by atoms with Crippen LogP contribution in [-0.4, -0.2) is 9.91 Å². The molecule has 0 atom stereocenters. The molecule has 1 aromatic heterocycles. The molecule has 0 saturated heterocycles. The van der Waals surface area contributed by atoms with Gasteiger partial charge in [0.05, 0.1) is 4.92 Å². The van der Waals surface area contributed by atoms with Crippen LogP contribution in [0.5, 0.6) is 5.75 Å². The third kappa shape index (κ3) is 2.81. The van der Waals surface area contributed by atoms with Gasteiger partial charge in [-0.05, 0) is 17.7 Å². The Morgan fingerprint density at radius 3 is 2.86 bits per heavy atom. The molecule has 0 spiro atoms. The number of nitro benzene ring substituents is 1. The molecule has 5 heteroatoms. The summed E-state index contributed by atoms with van der Waals surface area (Å²) in [6.45, 7) is 0.281. The van der Waals surface area contributed by atoms with Crippen LogP contribution in [0.4, 0.5) is 5.69 Å². The highest BCUT2D eigenvalue weighted by Gasteiger charge is 2.07. The minimum absolute atomic E-state index is 0.0678. The molecule has 21 heavy (non-hydrogen) atoms. The molecule has 0 aliphatic carbocycles. The maximum atomic E-state index is 10.8. The summed E-state index contributed by atoms with van der Waals surface area (Å²) in [6.07, 6.45) is 3.48. The summed E-state index contributed by atoms with van der Waals surface area (Å²) in [5.41, 5.74) is 0.827. The van der Waals surface area contributed by atoms with Crippen LogP contribution in [0, 0.1) is 10.1 Å². The van der Waals surface area contributed by atoms with Gasteiger partial charge in [-0.2, -0.15) is 0 Å². The van der Waals surface area contributed by atoms with Crippen molar-refractivity contribution in [3.05, 3.63) is 76.6 Å². The lowest BCUT2D eigenvalue weighted by atomic mass is 10.1. The second-order valence-corrected chi connectivity index (χ2v) is 4.57. The Kier molecular flexibility index (Phi) is 3.47. The van der Waals surface area contributed by atoms with Crippen molar-refractivity contribution >= 4 is 16.5 Å². The summed E-state index contributed by atoms with van der Waals surface area (Å²) in [5, 5.41) is 12.7. The number of nitrogens with zero attached hydrogens (tertiary/aromatic N) is 2. The molecule has 3 aromatic rings. The van der Waals surface area contributed by atoms with Crippen molar-refractivity contribution in [1.29, 1.82) is 0 Å². The van der Waals surface area contributed by atoms with E-state index < -0.39 is 4.92 Å². The van der Waals surface area contributed by atoms with Crippen molar-refractivity contribution in [3.8, 4) is 5.75 Å². The predicted octanol–water partition coefficient (Wildman–Crippen LogP) is 3.72. The summed E-state index contributed by atoms with van der Waals surface area (Å²) >= 11 is 0. The van der Waals surface area contributed by atoms with E-state index in [2.05, 4.69) is 4.98 Å². The number of pyridine rings is 1. The molecule has 0 aliphatic heterocycles. The van der Waals surface area contributed by atoms with Gasteiger partial charge in [0, 0.05) is 35.3 Å². The van der Waals surface area contributed by atoms with E-state index in [1.54, 1.807) is 24.5 Å². The molecule has 0 radical (unpaired) electrons. The fourth-order valence-electron chi connectivity index (χ4n) is 2.14. The summed E-state index contributed by atoms with van der Waals surface area (Å²) in [6, 6.07) is 14.1. The van der Waals surface area contributed by atoms with Crippen LogP contribution < -0.4 is 4.74 Å². The van der Waals surface area contributed by atoms with E-state index in [0.29, 0.717) is 0 Å². The number of non-ortho nitro benzene ring substituents is 1. The maximum absolute atomic E-state index is 10.8. The number of ether oxygens (including phenoxy) is 1. The molecular formula is C16H12N2O3. The van der Waals surface area contributed by atoms with Crippen LogP contribution in [0.2, 0.25) is 0 Å². The quantitative estimate of drug-likeness (QED) is 0.539. The highest BCUT2D eigenvalue weighted by atomic mass is 16.6. The molecule has 3 rings (SSSR count). The van der Waals surface area contributed by atoms with Crippen LogP contribution in [-0.2, 0) is 6.61 Å². The topological polar surface area (TPSA) is 65.3 Å². The molecule has 2 aromatic carbocycles. The predicted molar refractivity (Wildman–Crippen MR) is 79.2 cm³/mol. The number of fused-ring (bicyclic) bond motifs is 1. The van der Waals surface area contributed by atoms with Crippen LogP contribution >= 0.6 is 0 Å². The summed E-state index contributed by atoms with van der Waals surface area (Å²) in [7, 11) is 0. The monoisotopic (exact) mass is 280 g/mol. The minimum Gasteiger partial charge on any atom is -0.488 e. The van der Waals surface area contributed by atoms with Gasteiger partial charge in [-0.3, -0.25) is 15.1 Å². The molecule has 0 amide bonds. The van der Waals surface area contributed by atoms with Crippen molar-refractivity contribution in [3.63, 3.8) is 0 Å². The van der Waals surface area contributed by atoms with Crippen LogP contribution in [0.3, 0.4) is 0 Å². The van der Waals surface area contributed by atoms with Crippen molar-refractivity contribution in [2.75, 3.05) is 0 Å². The highest BCUT2D eigenvalue weighted by Crippen LogP contribution is 2.25. The fraction of sp³-hybridized carbons (Fsp3) is 0.0625. The van der Waals surface area contributed by atoms with E-state index in [9.17, 15) is 10.1 Å². The average Bonchev–Trinajstić information content (AvgIpc) is 2.53. The first kappa shape index (κ1) is 13.1. The largest absolute Gasteiger partial charge is 0.488 e. The zero-order valence-corrected chi connectivity index (χ0v) is 11.1. The van der Waals surface area contributed by atoms with E-state index in [0.717, 1.165) is 22.1 Å². The van der Waals surface area contributed by atoms with Gasteiger partial charge >= 0.3 is 0 Å². The first-order valence-corrected chi connectivity index (χ1v) is 6.43. The van der Waals surface area contributed by atoms with E-state index in [4.69, 9.17) is 4.74 Å².